The van der Waals surface area contributed by atoms with E-state index >= 15 is 0 Å². The van der Waals surface area contributed by atoms with Gasteiger partial charge in [-0.3, -0.25) is 4.55 Å². The van der Waals surface area contributed by atoms with Gasteiger partial charge < -0.3 is 5.11 Å². The summed E-state index contributed by atoms with van der Waals surface area (Å²) < 4.78 is 27.7. The summed E-state index contributed by atoms with van der Waals surface area (Å²) in [6.45, 7) is 1.29. The molecule has 0 fully saturated rings. The van der Waals surface area contributed by atoms with Crippen molar-refractivity contribution in [1.82, 2.24) is 0 Å². The van der Waals surface area contributed by atoms with Gasteiger partial charge in [0.05, 0.1) is 6.10 Å². The van der Waals surface area contributed by atoms with Gasteiger partial charge in [0, 0.05) is 0 Å². The van der Waals surface area contributed by atoms with Crippen molar-refractivity contribution in [2.24, 2.45) is 0 Å². The number of aliphatic hydroxyl groups excluding tert-OH is 1. The third-order valence-electron chi connectivity index (χ3n) is 0.452. The van der Waals surface area contributed by atoms with Crippen LogP contribution in [-0.4, -0.2) is 29.9 Å². The molecule has 0 spiro atoms. The predicted molar refractivity (Wildman–Crippen MR) is 28.1 cm³/mol. The van der Waals surface area contributed by atoms with Crippen LogP contribution >= 0.6 is 0 Å². The number of aliphatic hydroxyl groups is 1. The maximum Gasteiger partial charge on any atom is 1.00 e. The van der Waals surface area contributed by atoms with E-state index in [0.717, 1.165) is 0 Å². The maximum absolute atomic E-state index is 9.84. The normalized spacial score (nSPS) is 14.1. The minimum absolute atomic E-state index is 0. The Balaban J connectivity index is 0. The molecule has 2 N–H and O–H groups in total. The minimum atomic E-state index is -3.97. The standard InChI is InChI=1S/C3H8O4S.Na/c1-3(4)2-8(5,6)7;/h3-4H,2H2,1H3,(H,5,6,7);/q;+1. The van der Waals surface area contributed by atoms with Crippen molar-refractivity contribution in [1.29, 1.82) is 0 Å². The van der Waals surface area contributed by atoms with Crippen LogP contribution in [0, 0.1) is 0 Å². The van der Waals surface area contributed by atoms with Crippen LogP contribution in [0.25, 0.3) is 0 Å². The van der Waals surface area contributed by atoms with Crippen LogP contribution in [0.15, 0.2) is 0 Å². The quantitative estimate of drug-likeness (QED) is 0.324. The summed E-state index contributed by atoms with van der Waals surface area (Å²) in [7, 11) is -3.97. The second kappa shape index (κ2) is 4.65. The first-order valence-corrected chi connectivity index (χ1v) is 3.66. The van der Waals surface area contributed by atoms with E-state index < -0.39 is 22.0 Å². The van der Waals surface area contributed by atoms with Gasteiger partial charge in [-0.2, -0.15) is 8.42 Å². The first-order chi connectivity index (χ1) is 3.42. The zero-order chi connectivity index (χ0) is 6.78. The monoisotopic (exact) mass is 163 g/mol. The Morgan fingerprint density at radius 3 is 1.89 bits per heavy atom. The molecular weight excluding hydrogens is 155 g/mol. The summed E-state index contributed by atoms with van der Waals surface area (Å²) in [5.74, 6) is -0.590. The molecule has 0 bridgehead atoms. The van der Waals surface area contributed by atoms with Crippen molar-refractivity contribution >= 4 is 10.1 Å². The topological polar surface area (TPSA) is 74.6 Å². The van der Waals surface area contributed by atoms with Crippen molar-refractivity contribution in [3.63, 3.8) is 0 Å². The van der Waals surface area contributed by atoms with Gasteiger partial charge in [-0.15, -0.1) is 0 Å². The van der Waals surface area contributed by atoms with E-state index in [2.05, 4.69) is 0 Å². The number of rotatable bonds is 2. The van der Waals surface area contributed by atoms with Crippen LogP contribution in [0.1, 0.15) is 6.92 Å². The van der Waals surface area contributed by atoms with Crippen molar-refractivity contribution < 1.29 is 47.6 Å². The zero-order valence-corrected chi connectivity index (χ0v) is 8.22. The average molecular weight is 163 g/mol. The van der Waals surface area contributed by atoms with E-state index in [1.807, 2.05) is 0 Å². The van der Waals surface area contributed by atoms with Crippen LogP contribution < -0.4 is 29.6 Å². The molecular formula is C3H8NaO4S+. The third kappa shape index (κ3) is 12.1. The molecule has 0 radical (unpaired) electrons. The largest absolute Gasteiger partial charge is 1.00 e. The van der Waals surface area contributed by atoms with E-state index in [4.69, 9.17) is 9.66 Å². The minimum Gasteiger partial charge on any atom is -0.392 e. The van der Waals surface area contributed by atoms with Crippen molar-refractivity contribution in [2.75, 3.05) is 5.75 Å². The molecule has 0 aliphatic carbocycles. The zero-order valence-electron chi connectivity index (χ0n) is 5.40. The second-order valence-corrected chi connectivity index (χ2v) is 3.09. The Labute approximate surface area is 76.3 Å². The van der Waals surface area contributed by atoms with E-state index in [1.54, 1.807) is 0 Å². The van der Waals surface area contributed by atoms with Crippen molar-refractivity contribution in [3.8, 4) is 0 Å². The van der Waals surface area contributed by atoms with Gasteiger partial charge in [0.2, 0.25) is 0 Å². The molecule has 0 aromatic heterocycles. The summed E-state index contributed by atoms with van der Waals surface area (Å²) in [6, 6.07) is 0. The molecule has 4 nitrogen and oxygen atoms in total. The third-order valence-corrected chi connectivity index (χ3v) is 1.36. The van der Waals surface area contributed by atoms with Gasteiger partial charge in [0.1, 0.15) is 5.75 Å². The van der Waals surface area contributed by atoms with E-state index in [9.17, 15) is 8.42 Å². The fourth-order valence-electron chi connectivity index (χ4n) is 0.305. The average Bonchev–Trinajstić information content (AvgIpc) is 1.21. The first kappa shape index (κ1) is 12.5. The molecule has 0 aromatic rings. The van der Waals surface area contributed by atoms with Crippen molar-refractivity contribution in [2.45, 2.75) is 13.0 Å². The fourth-order valence-corrected chi connectivity index (χ4v) is 0.914. The molecule has 0 aliphatic heterocycles. The molecule has 1 atom stereocenters. The Morgan fingerprint density at radius 2 is 1.89 bits per heavy atom. The molecule has 6 heteroatoms. The van der Waals surface area contributed by atoms with Crippen molar-refractivity contribution in [3.05, 3.63) is 0 Å². The Morgan fingerprint density at radius 1 is 1.56 bits per heavy atom. The van der Waals surface area contributed by atoms with E-state index in [1.165, 1.54) is 6.92 Å². The van der Waals surface area contributed by atoms with E-state index in [0.29, 0.717) is 0 Å². The van der Waals surface area contributed by atoms with Crippen LogP contribution in [0.4, 0.5) is 0 Å². The molecule has 0 amide bonds. The summed E-state index contributed by atoms with van der Waals surface area (Å²) in [6.07, 6.45) is -0.995. The van der Waals surface area contributed by atoms with Gasteiger partial charge in [-0.1, -0.05) is 0 Å². The van der Waals surface area contributed by atoms with Gasteiger partial charge in [-0.25, -0.2) is 0 Å². The Hall–Kier alpha value is 0.870. The fraction of sp³-hybridized carbons (Fsp3) is 1.00. The van der Waals surface area contributed by atoms with Gasteiger partial charge >= 0.3 is 29.6 Å². The van der Waals surface area contributed by atoms with Gasteiger partial charge in [0.25, 0.3) is 10.1 Å². The number of hydrogen-bond donors (Lipinski definition) is 2. The molecule has 0 aliphatic rings. The molecule has 0 rings (SSSR count). The SMILES string of the molecule is CC(O)CS(=O)(=O)O.[Na+]. The van der Waals surface area contributed by atoms with Crippen LogP contribution in [0.5, 0.6) is 0 Å². The van der Waals surface area contributed by atoms with Gasteiger partial charge in [-0.05, 0) is 6.92 Å². The molecule has 0 saturated heterocycles. The predicted octanol–water partition coefficient (Wildman–Crippen LogP) is -3.74. The molecule has 0 heterocycles. The second-order valence-electron chi connectivity index (χ2n) is 1.60. The summed E-state index contributed by atoms with van der Waals surface area (Å²) >= 11 is 0. The Kier molecular flexibility index (Phi) is 6.48. The molecule has 9 heavy (non-hydrogen) atoms. The summed E-state index contributed by atoms with van der Waals surface area (Å²) in [5.41, 5.74) is 0. The summed E-state index contributed by atoms with van der Waals surface area (Å²) in [5, 5.41) is 8.35. The molecule has 0 saturated carbocycles. The van der Waals surface area contributed by atoms with Crippen LogP contribution in [0.2, 0.25) is 0 Å². The molecule has 50 valence electrons. The Bertz CT molecular complexity index is 149. The van der Waals surface area contributed by atoms with E-state index in [-0.39, 0.29) is 29.6 Å². The smallest absolute Gasteiger partial charge is 0.392 e. The molecule has 0 aromatic carbocycles. The van der Waals surface area contributed by atoms with Crippen LogP contribution in [-0.2, 0) is 10.1 Å². The number of hydrogen-bond acceptors (Lipinski definition) is 3. The maximum atomic E-state index is 9.84. The first-order valence-electron chi connectivity index (χ1n) is 2.05. The van der Waals surface area contributed by atoms with Crippen LogP contribution in [0.3, 0.4) is 0 Å². The molecule has 1 unspecified atom stereocenters. The summed E-state index contributed by atoms with van der Waals surface area (Å²) in [4.78, 5) is 0. The van der Waals surface area contributed by atoms with Gasteiger partial charge in [0.15, 0.2) is 0 Å².